The van der Waals surface area contributed by atoms with Gasteiger partial charge in [-0.05, 0) is 6.07 Å². The number of thioether (sulfide) groups is 1. The predicted molar refractivity (Wildman–Crippen MR) is 96.1 cm³/mol. The first-order valence-electron chi connectivity index (χ1n) is 7.87. The molecule has 3 rings (SSSR count). The van der Waals surface area contributed by atoms with Crippen molar-refractivity contribution < 1.29 is 13.2 Å². The van der Waals surface area contributed by atoms with E-state index in [-0.39, 0.29) is 5.75 Å². The van der Waals surface area contributed by atoms with Crippen LogP contribution in [0.2, 0.25) is 0 Å². The average Bonchev–Trinajstić information content (AvgIpc) is 2.54. The Hall–Kier alpha value is -1.22. The maximum atomic E-state index is 11.4. The second kappa shape index (κ2) is 7.77. The molecule has 24 heavy (non-hydrogen) atoms. The van der Waals surface area contributed by atoms with Crippen LogP contribution >= 0.6 is 11.8 Å². The first-order chi connectivity index (χ1) is 11.5. The van der Waals surface area contributed by atoms with E-state index >= 15 is 0 Å². The van der Waals surface area contributed by atoms with Crippen molar-refractivity contribution in [1.29, 1.82) is 0 Å². The van der Waals surface area contributed by atoms with Crippen LogP contribution in [0, 0.1) is 0 Å². The van der Waals surface area contributed by atoms with E-state index in [1.54, 1.807) is 0 Å². The number of nitrogens with zero attached hydrogens (tertiary/aromatic N) is 3. The van der Waals surface area contributed by atoms with Crippen LogP contribution in [0.1, 0.15) is 5.82 Å². The Balaban J connectivity index is 1.82. The Labute approximate surface area is 146 Å². The summed E-state index contributed by atoms with van der Waals surface area (Å²) in [6, 6.07) is 7.86. The van der Waals surface area contributed by atoms with Gasteiger partial charge in [0.2, 0.25) is 0 Å². The van der Waals surface area contributed by atoms with Crippen LogP contribution in [-0.2, 0) is 21.1 Å². The fourth-order valence-electron chi connectivity index (χ4n) is 2.52. The van der Waals surface area contributed by atoms with E-state index in [2.05, 4.69) is 14.9 Å². The van der Waals surface area contributed by atoms with E-state index in [1.807, 2.05) is 24.3 Å². The Morgan fingerprint density at radius 1 is 1.21 bits per heavy atom. The molecule has 0 unspecified atom stereocenters. The first-order valence-corrected chi connectivity index (χ1v) is 10.9. The van der Waals surface area contributed by atoms with Crippen LogP contribution in [0.4, 0.5) is 0 Å². The maximum absolute atomic E-state index is 11.4. The zero-order valence-electron chi connectivity index (χ0n) is 13.6. The molecule has 1 aromatic heterocycles. The molecule has 1 aliphatic heterocycles. The number of hydrogen-bond donors (Lipinski definition) is 0. The number of para-hydroxylation sites is 1. The van der Waals surface area contributed by atoms with Crippen LogP contribution in [0.25, 0.3) is 10.9 Å². The van der Waals surface area contributed by atoms with Gasteiger partial charge >= 0.3 is 0 Å². The van der Waals surface area contributed by atoms with Gasteiger partial charge in [-0.1, -0.05) is 18.2 Å². The number of hydrogen-bond acceptors (Lipinski definition) is 7. The van der Waals surface area contributed by atoms with E-state index in [1.165, 1.54) is 18.0 Å². The van der Waals surface area contributed by atoms with Gasteiger partial charge in [-0.15, -0.1) is 11.8 Å². The summed E-state index contributed by atoms with van der Waals surface area (Å²) in [5.74, 6) is 1.42. The van der Waals surface area contributed by atoms with Gasteiger partial charge in [-0.25, -0.2) is 18.4 Å². The molecule has 1 saturated heterocycles. The SMILES string of the molecule is CS(=O)(=O)CCSc1nc(CN2CCOCC2)nc2ccccc12. The van der Waals surface area contributed by atoms with Crippen molar-refractivity contribution in [3.8, 4) is 0 Å². The number of rotatable bonds is 6. The van der Waals surface area contributed by atoms with Crippen LogP contribution in [0.3, 0.4) is 0 Å². The highest BCUT2D eigenvalue weighted by Crippen LogP contribution is 2.25. The Kier molecular flexibility index (Phi) is 5.70. The minimum atomic E-state index is -2.97. The van der Waals surface area contributed by atoms with Gasteiger partial charge < -0.3 is 4.74 Å². The monoisotopic (exact) mass is 367 g/mol. The van der Waals surface area contributed by atoms with Gasteiger partial charge in [-0.2, -0.15) is 0 Å². The lowest BCUT2D eigenvalue weighted by atomic mass is 10.2. The lowest BCUT2D eigenvalue weighted by molar-refractivity contribution is 0.0330. The lowest BCUT2D eigenvalue weighted by Crippen LogP contribution is -2.36. The van der Waals surface area contributed by atoms with Crippen molar-refractivity contribution in [3.63, 3.8) is 0 Å². The Morgan fingerprint density at radius 3 is 2.71 bits per heavy atom. The smallest absolute Gasteiger partial charge is 0.148 e. The summed E-state index contributed by atoms with van der Waals surface area (Å²) in [7, 11) is -2.97. The molecule has 1 aliphatic rings. The maximum Gasteiger partial charge on any atom is 0.148 e. The molecule has 0 saturated carbocycles. The zero-order chi connectivity index (χ0) is 17.0. The molecule has 0 radical (unpaired) electrons. The first kappa shape index (κ1) is 17.6. The van der Waals surface area contributed by atoms with E-state index in [0.29, 0.717) is 12.3 Å². The number of aromatic nitrogens is 2. The largest absolute Gasteiger partial charge is 0.379 e. The number of ether oxygens (including phenoxy) is 1. The summed E-state index contributed by atoms with van der Waals surface area (Å²) >= 11 is 1.48. The molecule has 2 aromatic rings. The molecule has 0 bridgehead atoms. The van der Waals surface area contributed by atoms with Crippen molar-refractivity contribution in [2.45, 2.75) is 11.6 Å². The summed E-state index contributed by atoms with van der Waals surface area (Å²) < 4.78 is 28.1. The Morgan fingerprint density at radius 2 is 1.96 bits per heavy atom. The lowest BCUT2D eigenvalue weighted by Gasteiger charge is -2.25. The van der Waals surface area contributed by atoms with E-state index in [0.717, 1.165) is 48.1 Å². The van der Waals surface area contributed by atoms with Crippen molar-refractivity contribution in [3.05, 3.63) is 30.1 Å². The third kappa shape index (κ3) is 4.89. The van der Waals surface area contributed by atoms with E-state index in [9.17, 15) is 8.42 Å². The highest BCUT2D eigenvalue weighted by Gasteiger charge is 2.15. The molecule has 130 valence electrons. The molecule has 0 amide bonds. The molecule has 0 atom stereocenters. The standard InChI is InChI=1S/C16H21N3O3S2/c1-24(20,21)11-10-23-16-13-4-2-3-5-14(13)17-15(18-16)12-19-6-8-22-9-7-19/h2-5H,6-12H2,1H3. The summed E-state index contributed by atoms with van der Waals surface area (Å²) in [5, 5.41) is 1.83. The summed E-state index contributed by atoms with van der Waals surface area (Å²) in [6.07, 6.45) is 1.26. The fourth-order valence-corrected chi connectivity index (χ4v) is 4.76. The molecule has 2 heterocycles. The summed E-state index contributed by atoms with van der Waals surface area (Å²) in [6.45, 7) is 3.93. The van der Waals surface area contributed by atoms with Gasteiger partial charge in [0.15, 0.2) is 0 Å². The van der Waals surface area contributed by atoms with Gasteiger partial charge in [0.1, 0.15) is 20.7 Å². The molecule has 6 nitrogen and oxygen atoms in total. The van der Waals surface area contributed by atoms with Crippen molar-refractivity contribution in [2.24, 2.45) is 0 Å². The normalized spacial score (nSPS) is 16.5. The molecule has 8 heteroatoms. The quantitative estimate of drug-likeness (QED) is 0.567. The highest BCUT2D eigenvalue weighted by atomic mass is 32.2. The number of fused-ring (bicyclic) bond motifs is 1. The average molecular weight is 367 g/mol. The third-order valence-corrected chi connectivity index (χ3v) is 5.97. The van der Waals surface area contributed by atoms with Crippen LogP contribution in [-0.4, -0.2) is 67.4 Å². The van der Waals surface area contributed by atoms with Crippen LogP contribution in [0.5, 0.6) is 0 Å². The molecule has 0 aliphatic carbocycles. The second-order valence-corrected chi connectivity index (χ2v) is 9.17. The van der Waals surface area contributed by atoms with Gasteiger partial charge in [0.05, 0.1) is 31.0 Å². The zero-order valence-corrected chi connectivity index (χ0v) is 15.3. The molecular formula is C16H21N3O3S2. The minimum Gasteiger partial charge on any atom is -0.379 e. The van der Waals surface area contributed by atoms with Gasteiger partial charge in [-0.3, -0.25) is 4.90 Å². The van der Waals surface area contributed by atoms with Crippen molar-refractivity contribution in [2.75, 3.05) is 44.1 Å². The number of sulfone groups is 1. The fraction of sp³-hybridized carbons (Fsp3) is 0.500. The molecule has 0 spiro atoms. The molecule has 1 fully saturated rings. The summed E-state index contributed by atoms with van der Waals surface area (Å²) in [4.78, 5) is 11.6. The number of morpholine rings is 1. The van der Waals surface area contributed by atoms with E-state index < -0.39 is 9.84 Å². The van der Waals surface area contributed by atoms with Gasteiger partial charge in [0, 0.05) is 30.5 Å². The summed E-state index contributed by atoms with van der Waals surface area (Å²) in [5.41, 5.74) is 0.901. The van der Waals surface area contributed by atoms with Crippen LogP contribution in [0.15, 0.2) is 29.3 Å². The third-order valence-electron chi connectivity index (χ3n) is 3.78. The molecule has 1 aromatic carbocycles. The van der Waals surface area contributed by atoms with Crippen LogP contribution < -0.4 is 0 Å². The molecular weight excluding hydrogens is 346 g/mol. The van der Waals surface area contributed by atoms with E-state index in [4.69, 9.17) is 4.74 Å². The molecule has 0 N–H and O–H groups in total. The van der Waals surface area contributed by atoms with Gasteiger partial charge in [0.25, 0.3) is 0 Å². The second-order valence-electron chi connectivity index (χ2n) is 5.83. The van der Waals surface area contributed by atoms with Crippen molar-refractivity contribution >= 4 is 32.5 Å². The minimum absolute atomic E-state index is 0.148. The topological polar surface area (TPSA) is 72.4 Å². The number of benzene rings is 1. The Bertz CT molecular complexity index is 805. The van der Waals surface area contributed by atoms with Crippen molar-refractivity contribution in [1.82, 2.24) is 14.9 Å². The highest BCUT2D eigenvalue weighted by molar-refractivity contribution is 8.00. The predicted octanol–water partition coefficient (Wildman–Crippen LogP) is 1.60.